The molecule has 0 radical (unpaired) electrons. The molecule has 0 atom stereocenters. The Morgan fingerprint density at radius 2 is 1.52 bits per heavy atom. The van der Waals surface area contributed by atoms with Crippen LogP contribution in [0.15, 0.2) is 12.1 Å². The monoisotopic (exact) mass is 294 g/mol. The molecule has 1 aromatic carbocycles. The fourth-order valence-electron chi connectivity index (χ4n) is 2.72. The SMILES string of the molecule is COc1cc(OC)c(OC)cc1CN1CCCN(C)CC1. The van der Waals surface area contributed by atoms with Crippen molar-refractivity contribution >= 4 is 0 Å². The number of benzene rings is 1. The lowest BCUT2D eigenvalue weighted by atomic mass is 10.1. The van der Waals surface area contributed by atoms with Gasteiger partial charge in [-0.25, -0.2) is 0 Å². The van der Waals surface area contributed by atoms with E-state index in [1.807, 2.05) is 12.1 Å². The lowest BCUT2D eigenvalue weighted by Gasteiger charge is -2.22. The van der Waals surface area contributed by atoms with Gasteiger partial charge in [0.1, 0.15) is 5.75 Å². The smallest absolute Gasteiger partial charge is 0.164 e. The quantitative estimate of drug-likeness (QED) is 0.828. The van der Waals surface area contributed by atoms with Gasteiger partial charge in [-0.1, -0.05) is 0 Å². The van der Waals surface area contributed by atoms with Gasteiger partial charge in [0.25, 0.3) is 0 Å². The van der Waals surface area contributed by atoms with E-state index in [0.717, 1.165) is 43.2 Å². The van der Waals surface area contributed by atoms with Gasteiger partial charge < -0.3 is 19.1 Å². The van der Waals surface area contributed by atoms with Gasteiger partial charge in [0.2, 0.25) is 0 Å². The molecule has 1 aliphatic rings. The molecule has 118 valence electrons. The predicted molar refractivity (Wildman–Crippen MR) is 83.5 cm³/mol. The molecule has 0 N–H and O–H groups in total. The molecule has 1 aliphatic heterocycles. The number of rotatable bonds is 5. The summed E-state index contributed by atoms with van der Waals surface area (Å²) in [6.45, 7) is 5.34. The van der Waals surface area contributed by atoms with Crippen LogP contribution in [0, 0.1) is 0 Å². The molecule has 21 heavy (non-hydrogen) atoms. The zero-order valence-corrected chi connectivity index (χ0v) is 13.5. The highest BCUT2D eigenvalue weighted by Crippen LogP contribution is 2.35. The largest absolute Gasteiger partial charge is 0.496 e. The molecule has 0 saturated carbocycles. The Labute approximate surface area is 127 Å². The van der Waals surface area contributed by atoms with Crippen LogP contribution in [0.25, 0.3) is 0 Å². The lowest BCUT2D eigenvalue weighted by Crippen LogP contribution is -2.28. The number of methoxy groups -OCH3 is 3. The fourth-order valence-corrected chi connectivity index (χ4v) is 2.72. The van der Waals surface area contributed by atoms with Crippen LogP contribution in [-0.4, -0.2) is 64.4 Å². The van der Waals surface area contributed by atoms with Gasteiger partial charge in [0.15, 0.2) is 11.5 Å². The van der Waals surface area contributed by atoms with Crippen LogP contribution in [0.1, 0.15) is 12.0 Å². The average molecular weight is 294 g/mol. The van der Waals surface area contributed by atoms with E-state index < -0.39 is 0 Å². The summed E-state index contributed by atoms with van der Waals surface area (Å²) in [7, 11) is 7.18. The second kappa shape index (κ2) is 7.52. The van der Waals surface area contributed by atoms with Gasteiger partial charge >= 0.3 is 0 Å². The highest BCUT2D eigenvalue weighted by atomic mass is 16.5. The van der Waals surface area contributed by atoms with Crippen molar-refractivity contribution in [1.29, 1.82) is 0 Å². The standard InChI is InChI=1S/C16H26N2O3/c1-17-6-5-7-18(9-8-17)12-13-10-15(20-3)16(21-4)11-14(13)19-2/h10-11H,5-9,12H2,1-4H3. The van der Waals surface area contributed by atoms with E-state index in [-0.39, 0.29) is 0 Å². The maximum Gasteiger partial charge on any atom is 0.164 e. The van der Waals surface area contributed by atoms with E-state index in [9.17, 15) is 0 Å². The van der Waals surface area contributed by atoms with Crippen molar-refractivity contribution in [3.05, 3.63) is 17.7 Å². The summed E-state index contributed by atoms with van der Waals surface area (Å²) in [5, 5.41) is 0. The third-order valence-electron chi connectivity index (χ3n) is 3.99. The highest BCUT2D eigenvalue weighted by Gasteiger charge is 2.17. The number of nitrogens with zero attached hydrogens (tertiary/aromatic N) is 2. The Balaban J connectivity index is 2.17. The van der Waals surface area contributed by atoms with Crippen LogP contribution >= 0.6 is 0 Å². The topological polar surface area (TPSA) is 34.2 Å². The number of likely N-dealkylation sites (N-methyl/N-ethyl adjacent to an activating group) is 1. The second-order valence-corrected chi connectivity index (χ2v) is 5.45. The first kappa shape index (κ1) is 15.9. The van der Waals surface area contributed by atoms with E-state index in [4.69, 9.17) is 14.2 Å². The Hall–Kier alpha value is -1.46. The zero-order chi connectivity index (χ0) is 15.2. The summed E-state index contributed by atoms with van der Waals surface area (Å²) >= 11 is 0. The zero-order valence-electron chi connectivity index (χ0n) is 13.5. The van der Waals surface area contributed by atoms with Crippen LogP contribution < -0.4 is 14.2 Å². The van der Waals surface area contributed by atoms with Crippen LogP contribution in [0.4, 0.5) is 0 Å². The normalized spacial score (nSPS) is 17.3. The van der Waals surface area contributed by atoms with Gasteiger partial charge in [0.05, 0.1) is 21.3 Å². The van der Waals surface area contributed by atoms with E-state index in [1.54, 1.807) is 21.3 Å². The molecule has 1 heterocycles. The molecule has 0 bridgehead atoms. The summed E-state index contributed by atoms with van der Waals surface area (Å²) in [6.07, 6.45) is 1.20. The van der Waals surface area contributed by atoms with Crippen molar-refractivity contribution < 1.29 is 14.2 Å². The first-order valence-corrected chi connectivity index (χ1v) is 7.37. The van der Waals surface area contributed by atoms with Crippen LogP contribution in [0.3, 0.4) is 0 Å². The molecule has 1 aromatic rings. The van der Waals surface area contributed by atoms with Crippen LogP contribution in [0.2, 0.25) is 0 Å². The third-order valence-corrected chi connectivity index (χ3v) is 3.99. The van der Waals surface area contributed by atoms with E-state index in [0.29, 0.717) is 5.75 Å². The molecule has 0 amide bonds. The Morgan fingerprint density at radius 1 is 0.857 bits per heavy atom. The molecule has 1 fully saturated rings. The van der Waals surface area contributed by atoms with Gasteiger partial charge in [0, 0.05) is 31.3 Å². The van der Waals surface area contributed by atoms with Crippen molar-refractivity contribution in [2.24, 2.45) is 0 Å². The lowest BCUT2D eigenvalue weighted by molar-refractivity contribution is 0.263. The van der Waals surface area contributed by atoms with Crippen molar-refractivity contribution in [2.45, 2.75) is 13.0 Å². The maximum atomic E-state index is 5.51. The molecule has 5 heteroatoms. The predicted octanol–water partition coefficient (Wildman–Crippen LogP) is 1.85. The summed E-state index contributed by atoms with van der Waals surface area (Å²) < 4.78 is 16.2. The molecule has 0 unspecified atom stereocenters. The number of hydrogen-bond acceptors (Lipinski definition) is 5. The summed E-state index contributed by atoms with van der Waals surface area (Å²) in [5.41, 5.74) is 1.14. The highest BCUT2D eigenvalue weighted by molar-refractivity contribution is 5.50. The van der Waals surface area contributed by atoms with E-state index in [2.05, 4.69) is 16.8 Å². The molecule has 0 spiro atoms. The Morgan fingerprint density at radius 3 is 2.19 bits per heavy atom. The number of hydrogen-bond donors (Lipinski definition) is 0. The first-order valence-electron chi connectivity index (χ1n) is 7.37. The third kappa shape index (κ3) is 4.02. The van der Waals surface area contributed by atoms with Crippen molar-refractivity contribution in [3.63, 3.8) is 0 Å². The second-order valence-electron chi connectivity index (χ2n) is 5.45. The van der Waals surface area contributed by atoms with Crippen molar-refractivity contribution in [1.82, 2.24) is 9.80 Å². The van der Waals surface area contributed by atoms with Crippen molar-refractivity contribution in [3.8, 4) is 17.2 Å². The Kier molecular flexibility index (Phi) is 5.70. The molecule has 1 saturated heterocycles. The van der Waals surface area contributed by atoms with Crippen LogP contribution in [-0.2, 0) is 6.54 Å². The molecule has 0 aromatic heterocycles. The fraction of sp³-hybridized carbons (Fsp3) is 0.625. The first-order chi connectivity index (χ1) is 10.2. The molecular formula is C16H26N2O3. The van der Waals surface area contributed by atoms with Gasteiger partial charge in [-0.15, -0.1) is 0 Å². The van der Waals surface area contributed by atoms with Gasteiger partial charge in [-0.2, -0.15) is 0 Å². The van der Waals surface area contributed by atoms with Crippen LogP contribution in [0.5, 0.6) is 17.2 Å². The van der Waals surface area contributed by atoms with E-state index in [1.165, 1.54) is 13.0 Å². The Bertz CT molecular complexity index is 465. The van der Waals surface area contributed by atoms with Gasteiger partial charge in [-0.3, -0.25) is 4.90 Å². The van der Waals surface area contributed by atoms with Crippen molar-refractivity contribution in [2.75, 3.05) is 54.6 Å². The summed E-state index contributed by atoms with van der Waals surface area (Å²) in [5.74, 6) is 2.30. The maximum absolute atomic E-state index is 5.51. The summed E-state index contributed by atoms with van der Waals surface area (Å²) in [4.78, 5) is 4.85. The minimum atomic E-state index is 0.702. The molecule has 2 rings (SSSR count). The van der Waals surface area contributed by atoms with Gasteiger partial charge in [-0.05, 0) is 32.6 Å². The number of ether oxygens (including phenoxy) is 3. The van der Waals surface area contributed by atoms with E-state index >= 15 is 0 Å². The average Bonchev–Trinajstić information content (AvgIpc) is 2.71. The molecule has 0 aliphatic carbocycles. The molecule has 5 nitrogen and oxygen atoms in total. The minimum absolute atomic E-state index is 0.702. The molecular weight excluding hydrogens is 268 g/mol. The minimum Gasteiger partial charge on any atom is -0.496 e. The summed E-state index contributed by atoms with van der Waals surface area (Å²) in [6, 6.07) is 3.92.